The van der Waals surface area contributed by atoms with Crippen molar-refractivity contribution in [1.82, 2.24) is 9.21 Å². The van der Waals surface area contributed by atoms with Gasteiger partial charge in [0.25, 0.3) is 0 Å². The first-order chi connectivity index (χ1) is 16.1. The van der Waals surface area contributed by atoms with Gasteiger partial charge in [0, 0.05) is 61.6 Å². The summed E-state index contributed by atoms with van der Waals surface area (Å²) in [5.41, 5.74) is 1.22. The summed E-state index contributed by atoms with van der Waals surface area (Å²) in [5.74, 6) is -2.11. The van der Waals surface area contributed by atoms with Crippen molar-refractivity contribution in [2.24, 2.45) is 0 Å². The Morgan fingerprint density at radius 3 is 2.32 bits per heavy atom. The third-order valence-corrected chi connectivity index (χ3v) is 10.1. The maximum atomic E-state index is 14.1. The average Bonchev–Trinajstić information content (AvgIpc) is 3.64. The van der Waals surface area contributed by atoms with Crippen molar-refractivity contribution in [3.63, 3.8) is 0 Å². The predicted molar refractivity (Wildman–Crippen MR) is 130 cm³/mol. The molecule has 190 valence electrons. The van der Waals surface area contributed by atoms with Gasteiger partial charge in [0.15, 0.2) is 5.78 Å². The van der Waals surface area contributed by atoms with Crippen LogP contribution in [0.3, 0.4) is 0 Å². The normalized spacial score (nSPS) is 23.6. The Bertz CT molecular complexity index is 995. The second-order valence-electron chi connectivity index (χ2n) is 10.2. The number of piperazine rings is 1. The van der Waals surface area contributed by atoms with Crippen LogP contribution in [0.25, 0.3) is 0 Å². The Morgan fingerprint density at radius 1 is 1.09 bits per heavy atom. The molecule has 0 amide bonds. The summed E-state index contributed by atoms with van der Waals surface area (Å²) < 4.78 is 54.6. The lowest BCUT2D eigenvalue weighted by atomic mass is 9.74. The molecule has 3 fully saturated rings. The van der Waals surface area contributed by atoms with E-state index in [1.54, 1.807) is 12.1 Å². The number of carbonyl (C=O) groups is 1. The Kier molecular flexibility index (Phi) is 7.73. The van der Waals surface area contributed by atoms with Gasteiger partial charge in [-0.2, -0.15) is 4.31 Å². The number of hydrogen-bond donors (Lipinski definition) is 0. The second kappa shape index (κ2) is 10.1. The maximum Gasteiger partial charge on any atom is 0.248 e. The largest absolute Gasteiger partial charge is 0.295 e. The first kappa shape index (κ1) is 26.0. The van der Waals surface area contributed by atoms with Crippen LogP contribution in [0.15, 0.2) is 18.2 Å². The van der Waals surface area contributed by atoms with Crippen LogP contribution in [0, 0.1) is 0 Å². The fourth-order valence-corrected chi connectivity index (χ4v) is 7.31. The number of alkyl halides is 2. The summed E-state index contributed by atoms with van der Waals surface area (Å²) in [6, 6.07) is 5.43. The lowest BCUT2D eigenvalue weighted by Gasteiger charge is -2.51. The van der Waals surface area contributed by atoms with E-state index in [4.69, 9.17) is 11.6 Å². The highest BCUT2D eigenvalue weighted by Gasteiger charge is 2.47. The SMILES string of the molecule is CCCS(=O)(=O)N1CCN(C2(CCC(=O)c3ccc(Cl)cc3C3CC3)CCC(F)(F)CC2)CC1. The third-order valence-electron chi connectivity index (χ3n) is 7.83. The molecule has 0 unspecified atom stereocenters. The molecule has 3 aliphatic rings. The predicted octanol–water partition coefficient (Wildman–Crippen LogP) is 5.49. The monoisotopic (exact) mass is 516 g/mol. The van der Waals surface area contributed by atoms with Crippen molar-refractivity contribution in [2.75, 3.05) is 31.9 Å². The quantitative estimate of drug-likeness (QED) is 0.407. The molecule has 1 saturated heterocycles. The summed E-state index contributed by atoms with van der Waals surface area (Å²) in [6.07, 6.45) is 3.76. The van der Waals surface area contributed by atoms with Crippen molar-refractivity contribution in [3.8, 4) is 0 Å². The fraction of sp³-hybridized carbons (Fsp3) is 0.720. The van der Waals surface area contributed by atoms with E-state index >= 15 is 0 Å². The van der Waals surface area contributed by atoms with Crippen LogP contribution < -0.4 is 0 Å². The van der Waals surface area contributed by atoms with Crippen LogP contribution in [0.2, 0.25) is 5.02 Å². The van der Waals surface area contributed by atoms with Gasteiger partial charge in [-0.05, 0) is 68.2 Å². The molecule has 0 aromatic heterocycles. The number of nitrogens with zero attached hydrogens (tertiary/aromatic N) is 2. The van der Waals surface area contributed by atoms with E-state index < -0.39 is 21.5 Å². The molecule has 34 heavy (non-hydrogen) atoms. The number of benzene rings is 1. The molecule has 1 aromatic rings. The minimum atomic E-state index is -3.28. The molecule has 1 heterocycles. The third kappa shape index (κ3) is 5.82. The number of hydrogen-bond acceptors (Lipinski definition) is 4. The summed E-state index contributed by atoms with van der Waals surface area (Å²) in [4.78, 5) is 15.5. The molecular weight excluding hydrogens is 482 g/mol. The topological polar surface area (TPSA) is 57.7 Å². The van der Waals surface area contributed by atoms with Crippen molar-refractivity contribution >= 4 is 27.4 Å². The zero-order valence-electron chi connectivity index (χ0n) is 19.9. The van der Waals surface area contributed by atoms with Crippen molar-refractivity contribution in [1.29, 1.82) is 0 Å². The lowest BCUT2D eigenvalue weighted by molar-refractivity contribution is -0.0891. The summed E-state index contributed by atoms with van der Waals surface area (Å²) in [7, 11) is -3.28. The van der Waals surface area contributed by atoms with Crippen LogP contribution in [-0.2, 0) is 10.0 Å². The highest BCUT2D eigenvalue weighted by atomic mass is 35.5. The van der Waals surface area contributed by atoms with E-state index in [1.165, 1.54) is 4.31 Å². The minimum Gasteiger partial charge on any atom is -0.295 e. The van der Waals surface area contributed by atoms with Gasteiger partial charge in [-0.15, -0.1) is 0 Å². The second-order valence-corrected chi connectivity index (χ2v) is 12.7. The van der Waals surface area contributed by atoms with Gasteiger partial charge in [-0.3, -0.25) is 9.69 Å². The van der Waals surface area contributed by atoms with E-state index in [9.17, 15) is 22.0 Å². The number of sulfonamides is 1. The van der Waals surface area contributed by atoms with Gasteiger partial charge in [-0.1, -0.05) is 18.5 Å². The van der Waals surface area contributed by atoms with Gasteiger partial charge < -0.3 is 0 Å². The molecule has 2 saturated carbocycles. The summed E-state index contributed by atoms with van der Waals surface area (Å²) in [5, 5.41) is 0.625. The Hall–Kier alpha value is -1.09. The molecule has 5 nitrogen and oxygen atoms in total. The molecule has 4 rings (SSSR count). The number of carbonyl (C=O) groups excluding carboxylic acids is 1. The smallest absolute Gasteiger partial charge is 0.248 e. The summed E-state index contributed by atoms with van der Waals surface area (Å²) >= 11 is 6.17. The molecule has 0 radical (unpaired) electrons. The highest BCUT2D eigenvalue weighted by Crippen LogP contribution is 2.46. The molecule has 0 bridgehead atoms. The molecular formula is C25H35ClF2N2O3S. The van der Waals surface area contributed by atoms with Crippen molar-refractivity contribution in [2.45, 2.75) is 82.1 Å². The van der Waals surface area contributed by atoms with E-state index in [0.717, 1.165) is 18.4 Å². The van der Waals surface area contributed by atoms with Gasteiger partial charge >= 0.3 is 0 Å². The highest BCUT2D eigenvalue weighted by molar-refractivity contribution is 7.89. The minimum absolute atomic E-state index is 0.0411. The van der Waals surface area contributed by atoms with Crippen LogP contribution in [0.4, 0.5) is 8.78 Å². The Morgan fingerprint density at radius 2 is 1.74 bits per heavy atom. The Balaban J connectivity index is 1.47. The summed E-state index contributed by atoms with van der Waals surface area (Å²) in [6.45, 7) is 3.61. The van der Waals surface area contributed by atoms with Crippen LogP contribution in [0.1, 0.15) is 86.6 Å². The zero-order chi connectivity index (χ0) is 24.6. The molecule has 1 aliphatic heterocycles. The van der Waals surface area contributed by atoms with E-state index in [2.05, 4.69) is 4.90 Å². The maximum absolute atomic E-state index is 14.1. The van der Waals surface area contributed by atoms with Gasteiger partial charge in [-0.25, -0.2) is 17.2 Å². The zero-order valence-corrected chi connectivity index (χ0v) is 21.4. The molecule has 0 atom stereocenters. The first-order valence-electron chi connectivity index (χ1n) is 12.5. The van der Waals surface area contributed by atoms with Crippen LogP contribution in [-0.4, -0.2) is 66.8 Å². The van der Waals surface area contributed by atoms with Crippen molar-refractivity contribution in [3.05, 3.63) is 34.3 Å². The van der Waals surface area contributed by atoms with Gasteiger partial charge in [0.2, 0.25) is 15.9 Å². The molecule has 0 N–H and O–H groups in total. The van der Waals surface area contributed by atoms with Gasteiger partial charge in [0.05, 0.1) is 5.75 Å². The van der Waals surface area contributed by atoms with E-state index in [0.29, 0.717) is 74.8 Å². The lowest BCUT2D eigenvalue weighted by Crippen LogP contribution is -2.60. The van der Waals surface area contributed by atoms with Crippen LogP contribution >= 0.6 is 11.6 Å². The van der Waals surface area contributed by atoms with E-state index in [-0.39, 0.29) is 24.4 Å². The van der Waals surface area contributed by atoms with Crippen LogP contribution in [0.5, 0.6) is 0 Å². The molecule has 2 aliphatic carbocycles. The van der Waals surface area contributed by atoms with Crippen molar-refractivity contribution < 1.29 is 22.0 Å². The van der Waals surface area contributed by atoms with E-state index in [1.807, 2.05) is 13.0 Å². The Labute approximate surface area is 206 Å². The van der Waals surface area contributed by atoms with Gasteiger partial charge in [0.1, 0.15) is 0 Å². The number of rotatable bonds is 9. The fourth-order valence-electron chi connectivity index (χ4n) is 5.63. The number of ketones is 1. The standard InChI is InChI=1S/C25H35ClF2N2O3S/c1-2-17-34(32,33)30-15-13-29(14-16-30)24(9-11-25(27,28)12-10-24)8-7-23(31)21-6-5-20(26)18-22(21)19-3-4-19/h5-6,18-19H,2-4,7-17H2,1H3. The average molecular weight is 517 g/mol. The number of Topliss-reactive ketones (excluding diaryl/α,β-unsaturated/α-hetero) is 1. The number of halogens is 3. The molecule has 1 aromatic carbocycles. The molecule has 0 spiro atoms. The molecule has 9 heteroatoms. The first-order valence-corrected chi connectivity index (χ1v) is 14.5.